The fourth-order valence-corrected chi connectivity index (χ4v) is 4.20. The van der Waals surface area contributed by atoms with Gasteiger partial charge in [-0.25, -0.2) is 9.18 Å². The van der Waals surface area contributed by atoms with Gasteiger partial charge in [-0.1, -0.05) is 29.8 Å². The van der Waals surface area contributed by atoms with Gasteiger partial charge >= 0.3 is 5.97 Å². The Morgan fingerprint density at radius 2 is 1.91 bits per heavy atom. The van der Waals surface area contributed by atoms with E-state index in [1.165, 1.54) is 18.2 Å². The zero-order valence-corrected chi connectivity index (χ0v) is 18.9. The molecule has 168 valence electrons. The first-order valence-electron chi connectivity index (χ1n) is 9.92. The van der Waals surface area contributed by atoms with Crippen molar-refractivity contribution in [3.05, 3.63) is 87.2 Å². The predicted molar refractivity (Wildman–Crippen MR) is 123 cm³/mol. The highest BCUT2D eigenvalue weighted by atomic mass is 35.5. The number of imide groups is 1. The Labute approximate surface area is 198 Å². The first-order valence-corrected chi connectivity index (χ1v) is 11.1. The monoisotopic (exact) mass is 485 g/mol. The minimum absolute atomic E-state index is 0.0582. The number of esters is 1. The van der Waals surface area contributed by atoms with E-state index in [4.69, 9.17) is 20.8 Å². The van der Waals surface area contributed by atoms with Crippen LogP contribution in [0.5, 0.6) is 0 Å². The first-order chi connectivity index (χ1) is 15.9. The summed E-state index contributed by atoms with van der Waals surface area (Å²) >= 11 is 6.81. The van der Waals surface area contributed by atoms with Gasteiger partial charge in [0, 0.05) is 16.7 Å². The number of hydrogen-bond acceptors (Lipinski definition) is 6. The van der Waals surface area contributed by atoms with Crippen molar-refractivity contribution < 1.29 is 27.9 Å². The summed E-state index contributed by atoms with van der Waals surface area (Å²) in [5.41, 5.74) is 1.64. The lowest BCUT2D eigenvalue weighted by atomic mass is 10.1. The van der Waals surface area contributed by atoms with Gasteiger partial charge in [-0.05, 0) is 60.6 Å². The Morgan fingerprint density at radius 1 is 1.15 bits per heavy atom. The van der Waals surface area contributed by atoms with Crippen molar-refractivity contribution in [2.75, 3.05) is 6.61 Å². The second kappa shape index (κ2) is 9.64. The van der Waals surface area contributed by atoms with Gasteiger partial charge in [0.25, 0.3) is 11.1 Å². The van der Waals surface area contributed by atoms with E-state index in [2.05, 4.69) is 0 Å². The van der Waals surface area contributed by atoms with E-state index >= 15 is 0 Å². The Morgan fingerprint density at radius 3 is 2.61 bits per heavy atom. The number of rotatable bonds is 6. The maximum absolute atomic E-state index is 13.3. The molecule has 9 heteroatoms. The quantitative estimate of drug-likeness (QED) is 0.308. The predicted octanol–water partition coefficient (Wildman–Crippen LogP) is 6.15. The third kappa shape index (κ3) is 5.02. The molecule has 0 N–H and O–H groups in total. The third-order valence-corrected chi connectivity index (χ3v) is 6.06. The molecule has 6 nitrogen and oxygen atoms in total. The van der Waals surface area contributed by atoms with Crippen LogP contribution < -0.4 is 0 Å². The van der Waals surface area contributed by atoms with Crippen LogP contribution in [0.15, 0.2) is 63.9 Å². The van der Waals surface area contributed by atoms with Gasteiger partial charge in [0.2, 0.25) is 0 Å². The summed E-state index contributed by atoms with van der Waals surface area (Å²) in [7, 11) is 0. The standard InChI is InChI=1S/C24H17ClFNO5S/c1-2-31-23(29)15-5-3-14(4-6-15)20-10-9-18(32-20)12-21-22(28)27(24(30)33-21)13-16-7-8-17(26)11-19(16)25/h3-12H,2,13H2,1H3/b21-12-. The molecule has 33 heavy (non-hydrogen) atoms. The molecule has 0 radical (unpaired) electrons. The fraction of sp³-hybridized carbons (Fsp3) is 0.125. The van der Waals surface area contributed by atoms with Crippen molar-refractivity contribution >= 4 is 46.6 Å². The number of hydrogen-bond donors (Lipinski definition) is 0. The molecule has 1 fully saturated rings. The highest BCUT2D eigenvalue weighted by Crippen LogP contribution is 2.35. The molecule has 0 bridgehead atoms. The highest BCUT2D eigenvalue weighted by molar-refractivity contribution is 8.18. The van der Waals surface area contributed by atoms with Gasteiger partial charge in [-0.2, -0.15) is 0 Å². The summed E-state index contributed by atoms with van der Waals surface area (Å²) in [6, 6.07) is 14.0. The smallest absolute Gasteiger partial charge is 0.338 e. The molecule has 0 saturated carbocycles. The van der Waals surface area contributed by atoms with Crippen LogP contribution in [0, 0.1) is 5.82 Å². The van der Waals surface area contributed by atoms with Gasteiger partial charge < -0.3 is 9.15 Å². The maximum atomic E-state index is 13.3. The number of halogens is 2. The minimum Gasteiger partial charge on any atom is -0.462 e. The lowest BCUT2D eigenvalue weighted by Crippen LogP contribution is -2.27. The molecule has 0 unspecified atom stereocenters. The van der Waals surface area contributed by atoms with Crippen LogP contribution in [-0.2, 0) is 16.1 Å². The van der Waals surface area contributed by atoms with E-state index in [9.17, 15) is 18.8 Å². The van der Waals surface area contributed by atoms with E-state index < -0.39 is 22.9 Å². The molecule has 0 atom stereocenters. The molecule has 3 aromatic rings. The number of carbonyl (C=O) groups excluding carboxylic acids is 3. The van der Waals surface area contributed by atoms with Crippen molar-refractivity contribution in [3.8, 4) is 11.3 Å². The van der Waals surface area contributed by atoms with Crippen molar-refractivity contribution in [1.82, 2.24) is 4.90 Å². The summed E-state index contributed by atoms with van der Waals surface area (Å²) in [5.74, 6) is -0.454. The van der Waals surface area contributed by atoms with Gasteiger partial charge in [0.1, 0.15) is 17.3 Å². The molecule has 0 spiro atoms. The summed E-state index contributed by atoms with van der Waals surface area (Å²) in [5, 5.41) is -0.310. The number of thioether (sulfide) groups is 1. The van der Waals surface area contributed by atoms with Crippen LogP contribution in [0.3, 0.4) is 0 Å². The van der Waals surface area contributed by atoms with E-state index in [1.807, 2.05) is 0 Å². The Bertz CT molecular complexity index is 1270. The molecule has 0 aliphatic carbocycles. The average Bonchev–Trinajstić information content (AvgIpc) is 3.36. The summed E-state index contributed by atoms with van der Waals surface area (Å²) in [6.45, 7) is 1.98. The van der Waals surface area contributed by atoms with Crippen molar-refractivity contribution in [2.45, 2.75) is 13.5 Å². The van der Waals surface area contributed by atoms with Crippen LogP contribution >= 0.6 is 23.4 Å². The summed E-state index contributed by atoms with van der Waals surface area (Å²) < 4.78 is 24.0. The normalized spacial score (nSPS) is 14.9. The topological polar surface area (TPSA) is 76.8 Å². The van der Waals surface area contributed by atoms with E-state index in [-0.39, 0.29) is 16.5 Å². The van der Waals surface area contributed by atoms with Crippen molar-refractivity contribution in [3.63, 3.8) is 0 Å². The van der Waals surface area contributed by atoms with Crippen LogP contribution in [0.4, 0.5) is 9.18 Å². The molecule has 2 aromatic carbocycles. The molecule has 4 rings (SSSR count). The number of ether oxygens (including phenoxy) is 1. The molecule has 2 amide bonds. The van der Waals surface area contributed by atoms with Gasteiger partial charge in [0.15, 0.2) is 0 Å². The molecule has 1 aliphatic rings. The average molecular weight is 486 g/mol. The number of nitrogens with zero attached hydrogens (tertiary/aromatic N) is 1. The van der Waals surface area contributed by atoms with E-state index in [0.717, 1.165) is 28.3 Å². The number of amides is 2. The minimum atomic E-state index is -0.498. The Balaban J connectivity index is 1.49. The van der Waals surface area contributed by atoms with E-state index in [1.54, 1.807) is 43.3 Å². The molecular weight excluding hydrogens is 469 g/mol. The fourth-order valence-electron chi connectivity index (χ4n) is 3.16. The van der Waals surface area contributed by atoms with Gasteiger partial charge in [-0.3, -0.25) is 14.5 Å². The zero-order valence-electron chi connectivity index (χ0n) is 17.3. The Kier molecular flexibility index (Phi) is 6.67. The van der Waals surface area contributed by atoms with Crippen molar-refractivity contribution in [1.29, 1.82) is 0 Å². The number of furan rings is 1. The van der Waals surface area contributed by atoms with Crippen LogP contribution in [0.2, 0.25) is 5.02 Å². The molecule has 2 heterocycles. The Hall–Kier alpha value is -3.36. The molecule has 1 aromatic heterocycles. The molecular formula is C24H17ClFNO5S. The van der Waals surface area contributed by atoms with Crippen LogP contribution in [0.25, 0.3) is 17.4 Å². The summed E-state index contributed by atoms with van der Waals surface area (Å²) in [4.78, 5) is 38.2. The second-order valence-electron chi connectivity index (χ2n) is 7.00. The van der Waals surface area contributed by atoms with Crippen LogP contribution in [0.1, 0.15) is 28.6 Å². The van der Waals surface area contributed by atoms with Crippen LogP contribution in [-0.4, -0.2) is 28.6 Å². The number of benzene rings is 2. The third-order valence-electron chi connectivity index (χ3n) is 4.80. The summed E-state index contributed by atoms with van der Waals surface area (Å²) in [6.07, 6.45) is 1.49. The van der Waals surface area contributed by atoms with Crippen molar-refractivity contribution in [2.24, 2.45) is 0 Å². The largest absolute Gasteiger partial charge is 0.462 e. The van der Waals surface area contributed by atoms with E-state index in [0.29, 0.717) is 29.3 Å². The van der Waals surface area contributed by atoms with Gasteiger partial charge in [-0.15, -0.1) is 0 Å². The second-order valence-corrected chi connectivity index (χ2v) is 8.40. The molecule has 1 saturated heterocycles. The van der Waals surface area contributed by atoms with Gasteiger partial charge in [0.05, 0.1) is 23.6 Å². The molecule has 1 aliphatic heterocycles. The zero-order chi connectivity index (χ0) is 23.5. The SMILES string of the molecule is CCOC(=O)c1ccc(-c2ccc(/C=C3\SC(=O)N(Cc4ccc(F)cc4Cl)C3=O)o2)cc1. The lowest BCUT2D eigenvalue weighted by molar-refractivity contribution is -0.123. The number of carbonyl (C=O) groups is 3. The lowest BCUT2D eigenvalue weighted by Gasteiger charge is -2.13. The maximum Gasteiger partial charge on any atom is 0.338 e. The highest BCUT2D eigenvalue weighted by Gasteiger charge is 2.35. The first kappa shape index (κ1) is 22.8.